The van der Waals surface area contributed by atoms with Crippen LogP contribution in [-0.2, 0) is 17.6 Å². The summed E-state index contributed by atoms with van der Waals surface area (Å²) in [7, 11) is 0. The van der Waals surface area contributed by atoms with Gasteiger partial charge in [0.2, 0.25) is 0 Å². The Morgan fingerprint density at radius 1 is 1.40 bits per heavy atom. The lowest BCUT2D eigenvalue weighted by atomic mass is 9.85. The number of rotatable bonds is 8. The number of nitrogens with zero attached hydrogens (tertiary/aromatic N) is 1. The number of esters is 1. The highest BCUT2D eigenvalue weighted by Crippen LogP contribution is 2.26. The molecule has 6 heteroatoms. The van der Waals surface area contributed by atoms with Crippen LogP contribution in [0.5, 0.6) is 0 Å². The van der Waals surface area contributed by atoms with Gasteiger partial charge < -0.3 is 4.74 Å². The van der Waals surface area contributed by atoms with Gasteiger partial charge in [0.1, 0.15) is 11.4 Å². The third-order valence-electron chi connectivity index (χ3n) is 4.41. The first kappa shape index (κ1) is 19.6. The van der Waals surface area contributed by atoms with Crippen molar-refractivity contribution in [2.24, 2.45) is 11.8 Å². The first-order valence-electron chi connectivity index (χ1n) is 8.56. The smallest absolute Gasteiger partial charge is 0.341 e. The second kappa shape index (κ2) is 9.13. The molecule has 4 nitrogen and oxygen atoms in total. The zero-order chi connectivity index (χ0) is 18.4. The van der Waals surface area contributed by atoms with E-state index in [0.717, 1.165) is 16.5 Å². The van der Waals surface area contributed by atoms with Crippen LogP contribution in [-0.4, -0.2) is 22.8 Å². The standard InChI is InChI=1S/C19H24BrFN2O2/c1-4-25-19(24)16-11-22-23-18(16)8-6-13(12(2)3)9-14-5-7-15(20)10-17(14)21/h5,7,10-13H,4,6,8-9H2,1-3H3,(H,22,23). The number of hydrogen-bond acceptors (Lipinski definition) is 3. The Morgan fingerprint density at radius 3 is 2.80 bits per heavy atom. The summed E-state index contributed by atoms with van der Waals surface area (Å²) in [5.41, 5.74) is 1.91. The second-order valence-electron chi connectivity index (χ2n) is 6.45. The normalized spacial score (nSPS) is 12.4. The predicted molar refractivity (Wildman–Crippen MR) is 99.0 cm³/mol. The van der Waals surface area contributed by atoms with Crippen LogP contribution in [0, 0.1) is 17.7 Å². The van der Waals surface area contributed by atoms with E-state index in [0.29, 0.717) is 42.5 Å². The number of aromatic amines is 1. The lowest BCUT2D eigenvalue weighted by molar-refractivity contribution is 0.0525. The molecule has 1 unspecified atom stereocenters. The van der Waals surface area contributed by atoms with Gasteiger partial charge >= 0.3 is 5.97 Å². The van der Waals surface area contributed by atoms with Crippen molar-refractivity contribution in [3.05, 3.63) is 51.5 Å². The minimum atomic E-state index is -0.355. The van der Waals surface area contributed by atoms with Crippen LogP contribution < -0.4 is 0 Å². The van der Waals surface area contributed by atoms with Gasteiger partial charge in [-0.25, -0.2) is 9.18 Å². The lowest BCUT2D eigenvalue weighted by Gasteiger charge is -2.21. The molecule has 1 N–H and O–H groups in total. The van der Waals surface area contributed by atoms with Crippen LogP contribution in [0.4, 0.5) is 4.39 Å². The Balaban J connectivity index is 2.05. The summed E-state index contributed by atoms with van der Waals surface area (Å²) in [5.74, 6) is 0.147. The van der Waals surface area contributed by atoms with Gasteiger partial charge in [0, 0.05) is 10.7 Å². The molecule has 1 heterocycles. The molecule has 0 amide bonds. The highest BCUT2D eigenvalue weighted by molar-refractivity contribution is 9.10. The number of aromatic nitrogens is 2. The minimum Gasteiger partial charge on any atom is -0.462 e. The first-order chi connectivity index (χ1) is 11.9. The maximum Gasteiger partial charge on any atom is 0.341 e. The summed E-state index contributed by atoms with van der Waals surface area (Å²) in [6.07, 6.45) is 3.71. The molecule has 0 aliphatic carbocycles. The van der Waals surface area contributed by atoms with Gasteiger partial charge in [-0.05, 0) is 55.7 Å². The van der Waals surface area contributed by atoms with Crippen molar-refractivity contribution in [3.8, 4) is 0 Å². The number of aryl methyl sites for hydroxylation is 1. The Morgan fingerprint density at radius 2 is 2.16 bits per heavy atom. The van der Waals surface area contributed by atoms with Crippen molar-refractivity contribution in [2.45, 2.75) is 40.0 Å². The van der Waals surface area contributed by atoms with E-state index >= 15 is 0 Å². The number of ether oxygens (including phenoxy) is 1. The van der Waals surface area contributed by atoms with Crippen molar-refractivity contribution in [2.75, 3.05) is 6.61 Å². The number of H-pyrrole nitrogens is 1. The molecule has 0 saturated carbocycles. The summed E-state index contributed by atoms with van der Waals surface area (Å²) >= 11 is 3.29. The Kier molecular flexibility index (Phi) is 7.17. The minimum absolute atomic E-state index is 0.188. The van der Waals surface area contributed by atoms with E-state index < -0.39 is 0 Å². The molecule has 0 aliphatic heterocycles. The lowest BCUT2D eigenvalue weighted by Crippen LogP contribution is -2.15. The fraction of sp³-hybridized carbons (Fsp3) is 0.474. The molecule has 1 atom stereocenters. The maximum atomic E-state index is 14.1. The van der Waals surface area contributed by atoms with Gasteiger partial charge in [-0.2, -0.15) is 5.10 Å². The SMILES string of the molecule is CCOC(=O)c1c[nH]nc1CCC(Cc1ccc(Br)cc1F)C(C)C. The molecule has 0 radical (unpaired) electrons. The van der Waals surface area contributed by atoms with Gasteiger partial charge in [0.05, 0.1) is 12.3 Å². The summed E-state index contributed by atoms with van der Waals surface area (Å²) in [6.45, 7) is 6.39. The number of halogens is 2. The molecular formula is C19H24BrFN2O2. The van der Waals surface area contributed by atoms with Crippen molar-refractivity contribution < 1.29 is 13.9 Å². The van der Waals surface area contributed by atoms with Crippen LogP contribution in [0.3, 0.4) is 0 Å². The fourth-order valence-electron chi connectivity index (χ4n) is 2.86. The quantitative estimate of drug-likeness (QED) is 0.627. The molecule has 1 aromatic carbocycles. The van der Waals surface area contributed by atoms with E-state index in [1.54, 1.807) is 13.1 Å². The van der Waals surface area contributed by atoms with E-state index in [9.17, 15) is 9.18 Å². The average molecular weight is 411 g/mol. The zero-order valence-electron chi connectivity index (χ0n) is 14.8. The molecule has 136 valence electrons. The first-order valence-corrected chi connectivity index (χ1v) is 9.35. The van der Waals surface area contributed by atoms with Crippen LogP contribution >= 0.6 is 15.9 Å². The highest BCUT2D eigenvalue weighted by atomic mass is 79.9. The van der Waals surface area contributed by atoms with Crippen LogP contribution in [0.1, 0.15) is 48.8 Å². The number of hydrogen-bond donors (Lipinski definition) is 1. The number of nitrogens with one attached hydrogen (secondary N) is 1. The largest absolute Gasteiger partial charge is 0.462 e. The number of benzene rings is 1. The fourth-order valence-corrected chi connectivity index (χ4v) is 3.19. The van der Waals surface area contributed by atoms with E-state index in [-0.39, 0.29) is 11.8 Å². The van der Waals surface area contributed by atoms with E-state index in [4.69, 9.17) is 4.74 Å². The summed E-state index contributed by atoms with van der Waals surface area (Å²) in [5, 5.41) is 6.92. The number of carbonyl (C=O) groups is 1. The number of carbonyl (C=O) groups excluding carboxylic acids is 1. The van der Waals surface area contributed by atoms with Crippen molar-refractivity contribution in [3.63, 3.8) is 0 Å². The Bertz CT molecular complexity index is 715. The Hall–Kier alpha value is -1.69. The van der Waals surface area contributed by atoms with Crippen LogP contribution in [0.2, 0.25) is 0 Å². The van der Waals surface area contributed by atoms with Crippen molar-refractivity contribution in [1.82, 2.24) is 10.2 Å². The molecule has 0 spiro atoms. The molecule has 0 saturated heterocycles. The third kappa shape index (κ3) is 5.39. The van der Waals surface area contributed by atoms with Crippen molar-refractivity contribution in [1.29, 1.82) is 0 Å². The monoisotopic (exact) mass is 410 g/mol. The topological polar surface area (TPSA) is 55.0 Å². The molecule has 25 heavy (non-hydrogen) atoms. The van der Waals surface area contributed by atoms with Gasteiger partial charge in [0.15, 0.2) is 0 Å². The van der Waals surface area contributed by atoms with Crippen molar-refractivity contribution >= 4 is 21.9 Å². The highest BCUT2D eigenvalue weighted by Gasteiger charge is 2.20. The molecule has 1 aromatic heterocycles. The molecule has 0 fully saturated rings. The van der Waals surface area contributed by atoms with Crippen LogP contribution in [0.25, 0.3) is 0 Å². The molecule has 0 aliphatic rings. The van der Waals surface area contributed by atoms with Crippen LogP contribution in [0.15, 0.2) is 28.9 Å². The molecule has 0 bridgehead atoms. The second-order valence-corrected chi connectivity index (χ2v) is 7.36. The average Bonchev–Trinajstić information content (AvgIpc) is 3.01. The van der Waals surface area contributed by atoms with E-state index in [2.05, 4.69) is 40.0 Å². The van der Waals surface area contributed by atoms with Gasteiger partial charge in [0.25, 0.3) is 0 Å². The molecule has 2 rings (SSSR count). The van der Waals surface area contributed by atoms with Gasteiger partial charge in [-0.1, -0.05) is 35.8 Å². The summed E-state index contributed by atoms with van der Waals surface area (Å²) in [4.78, 5) is 11.9. The molecular weight excluding hydrogens is 387 g/mol. The molecule has 2 aromatic rings. The van der Waals surface area contributed by atoms with Gasteiger partial charge in [-0.3, -0.25) is 5.10 Å². The maximum absolute atomic E-state index is 14.1. The summed E-state index contributed by atoms with van der Waals surface area (Å²) < 4.78 is 19.9. The third-order valence-corrected chi connectivity index (χ3v) is 4.90. The van der Waals surface area contributed by atoms with E-state index in [1.807, 2.05) is 12.1 Å². The summed E-state index contributed by atoms with van der Waals surface area (Å²) in [6, 6.07) is 5.19. The zero-order valence-corrected chi connectivity index (χ0v) is 16.4. The van der Waals surface area contributed by atoms with E-state index in [1.165, 1.54) is 6.07 Å². The predicted octanol–water partition coefficient (Wildman–Crippen LogP) is 4.94. The van der Waals surface area contributed by atoms with Gasteiger partial charge in [-0.15, -0.1) is 0 Å². The Labute approximate surface area is 156 Å².